The number of amides is 1. The lowest BCUT2D eigenvalue weighted by Crippen LogP contribution is -2.20. The Hall–Kier alpha value is -0.840. The van der Waals surface area contributed by atoms with E-state index in [0.29, 0.717) is 15.7 Å². The highest BCUT2D eigenvalue weighted by Gasteiger charge is 2.09. The Balaban J connectivity index is 2.85. The van der Waals surface area contributed by atoms with Crippen LogP contribution in [0, 0.1) is 6.92 Å². The summed E-state index contributed by atoms with van der Waals surface area (Å²) in [6.45, 7) is 1.83. The van der Waals surface area contributed by atoms with Crippen LogP contribution in [0.5, 0.6) is 0 Å². The monoisotopic (exact) mass is 276 g/mol. The number of hydrogen-bond donors (Lipinski definition) is 2. The first-order valence-corrected chi connectivity index (χ1v) is 5.60. The Morgan fingerprint density at radius 1 is 1.44 bits per heavy atom. The van der Waals surface area contributed by atoms with E-state index in [4.69, 9.17) is 28.9 Å². The standard InChI is InChI=1S/C10H10Cl2N2OS/c1-5-2-7(12)8(3-6(5)11)14-10(15)4-9(13)16/h2-3H,4H2,1H3,(H2,13,16)(H,14,15). The van der Waals surface area contributed by atoms with Gasteiger partial charge in [-0.2, -0.15) is 0 Å². The van der Waals surface area contributed by atoms with Gasteiger partial charge in [-0.3, -0.25) is 4.79 Å². The highest BCUT2D eigenvalue weighted by molar-refractivity contribution is 7.80. The van der Waals surface area contributed by atoms with E-state index in [1.54, 1.807) is 12.1 Å². The van der Waals surface area contributed by atoms with Gasteiger partial charge in [-0.15, -0.1) is 0 Å². The maximum absolute atomic E-state index is 11.4. The third-order valence-electron chi connectivity index (χ3n) is 1.86. The molecule has 0 aromatic heterocycles. The second kappa shape index (κ2) is 5.48. The lowest BCUT2D eigenvalue weighted by atomic mass is 10.2. The van der Waals surface area contributed by atoms with Crippen LogP contribution in [-0.2, 0) is 4.79 Å². The number of halogens is 2. The maximum atomic E-state index is 11.4. The molecule has 3 nitrogen and oxygen atoms in total. The molecule has 0 fully saturated rings. The van der Waals surface area contributed by atoms with Gasteiger partial charge >= 0.3 is 0 Å². The molecule has 0 heterocycles. The Morgan fingerprint density at radius 2 is 2.06 bits per heavy atom. The van der Waals surface area contributed by atoms with Gasteiger partial charge in [0, 0.05) is 5.02 Å². The number of carbonyl (C=O) groups excluding carboxylic acids is 1. The van der Waals surface area contributed by atoms with E-state index in [9.17, 15) is 4.79 Å². The van der Waals surface area contributed by atoms with Crippen LogP contribution in [0.15, 0.2) is 12.1 Å². The van der Waals surface area contributed by atoms with Crippen LogP contribution in [0.4, 0.5) is 5.69 Å². The summed E-state index contributed by atoms with van der Waals surface area (Å²) in [6, 6.07) is 3.27. The van der Waals surface area contributed by atoms with Crippen LogP contribution >= 0.6 is 35.4 Å². The number of rotatable bonds is 3. The topological polar surface area (TPSA) is 55.1 Å². The zero-order valence-corrected chi connectivity index (χ0v) is 10.8. The fourth-order valence-corrected chi connectivity index (χ4v) is 1.65. The number of benzene rings is 1. The normalized spacial score (nSPS) is 9.94. The first-order valence-electron chi connectivity index (χ1n) is 4.44. The third-order valence-corrected chi connectivity index (χ3v) is 2.72. The molecule has 0 atom stereocenters. The van der Waals surface area contributed by atoms with E-state index >= 15 is 0 Å². The minimum atomic E-state index is -0.311. The SMILES string of the molecule is Cc1cc(Cl)c(NC(=O)CC(N)=S)cc1Cl. The number of anilines is 1. The molecule has 16 heavy (non-hydrogen) atoms. The zero-order chi connectivity index (χ0) is 12.3. The van der Waals surface area contributed by atoms with Gasteiger partial charge in [-0.1, -0.05) is 35.4 Å². The van der Waals surface area contributed by atoms with Gasteiger partial charge in [-0.25, -0.2) is 0 Å². The number of nitrogens with two attached hydrogens (primary N) is 1. The molecule has 1 aromatic carbocycles. The summed E-state index contributed by atoms with van der Waals surface area (Å²) in [5, 5.41) is 3.55. The number of thiocarbonyl (C=S) groups is 1. The van der Waals surface area contributed by atoms with E-state index in [0.717, 1.165) is 5.56 Å². The van der Waals surface area contributed by atoms with Crippen molar-refractivity contribution in [3.8, 4) is 0 Å². The molecule has 0 bridgehead atoms. The molecule has 0 aliphatic rings. The van der Waals surface area contributed by atoms with Gasteiger partial charge in [0.1, 0.15) is 0 Å². The molecule has 3 N–H and O–H groups in total. The van der Waals surface area contributed by atoms with Gasteiger partial charge in [-0.05, 0) is 24.6 Å². The molecule has 0 radical (unpaired) electrons. The summed E-state index contributed by atoms with van der Waals surface area (Å²) in [5.41, 5.74) is 6.55. The Kier molecular flexibility index (Phi) is 4.53. The Morgan fingerprint density at radius 3 is 2.62 bits per heavy atom. The first kappa shape index (κ1) is 13.2. The van der Waals surface area contributed by atoms with Crippen molar-refractivity contribution in [2.45, 2.75) is 13.3 Å². The molecule has 1 rings (SSSR count). The van der Waals surface area contributed by atoms with Crippen molar-refractivity contribution in [1.29, 1.82) is 0 Å². The largest absolute Gasteiger partial charge is 0.393 e. The van der Waals surface area contributed by atoms with Crippen LogP contribution in [0.25, 0.3) is 0 Å². The molecule has 0 spiro atoms. The maximum Gasteiger partial charge on any atom is 0.231 e. The highest BCUT2D eigenvalue weighted by Crippen LogP contribution is 2.28. The average molecular weight is 277 g/mol. The quantitative estimate of drug-likeness (QED) is 0.835. The number of hydrogen-bond acceptors (Lipinski definition) is 2. The molecule has 0 saturated heterocycles. The van der Waals surface area contributed by atoms with E-state index in [2.05, 4.69) is 17.5 Å². The summed E-state index contributed by atoms with van der Waals surface area (Å²) in [7, 11) is 0. The fraction of sp³-hybridized carbons (Fsp3) is 0.200. The van der Waals surface area contributed by atoms with Crippen molar-refractivity contribution >= 4 is 52.0 Å². The van der Waals surface area contributed by atoms with Crippen molar-refractivity contribution in [2.75, 3.05) is 5.32 Å². The lowest BCUT2D eigenvalue weighted by Gasteiger charge is -2.08. The molecule has 1 aromatic rings. The Bertz CT molecular complexity index is 449. The van der Waals surface area contributed by atoms with Crippen LogP contribution in [0.2, 0.25) is 10.0 Å². The molecule has 0 saturated carbocycles. The van der Waals surface area contributed by atoms with Crippen molar-refractivity contribution < 1.29 is 4.79 Å². The molecular formula is C10H10Cl2N2OS. The molecular weight excluding hydrogens is 267 g/mol. The van der Waals surface area contributed by atoms with E-state index in [1.807, 2.05) is 6.92 Å². The third kappa shape index (κ3) is 3.63. The first-order chi connectivity index (χ1) is 7.40. The summed E-state index contributed by atoms with van der Waals surface area (Å²) in [5.74, 6) is -0.311. The highest BCUT2D eigenvalue weighted by atomic mass is 35.5. The fourth-order valence-electron chi connectivity index (χ4n) is 1.09. The van der Waals surface area contributed by atoms with Gasteiger partial charge < -0.3 is 11.1 Å². The molecule has 86 valence electrons. The van der Waals surface area contributed by atoms with Gasteiger partial charge in [0.25, 0.3) is 0 Å². The second-order valence-electron chi connectivity index (χ2n) is 3.27. The summed E-state index contributed by atoms with van der Waals surface area (Å²) in [4.78, 5) is 11.5. The van der Waals surface area contributed by atoms with Crippen molar-refractivity contribution in [3.63, 3.8) is 0 Å². The van der Waals surface area contributed by atoms with Crippen molar-refractivity contribution in [1.82, 2.24) is 0 Å². The van der Waals surface area contributed by atoms with Gasteiger partial charge in [0.05, 0.1) is 22.1 Å². The van der Waals surface area contributed by atoms with Gasteiger partial charge in [0.2, 0.25) is 5.91 Å². The number of carbonyl (C=O) groups is 1. The summed E-state index contributed by atoms with van der Waals surface area (Å²) < 4.78 is 0. The van der Waals surface area contributed by atoms with Gasteiger partial charge in [0.15, 0.2) is 0 Å². The van der Waals surface area contributed by atoms with Crippen LogP contribution in [-0.4, -0.2) is 10.9 Å². The molecule has 6 heteroatoms. The molecule has 0 aliphatic carbocycles. The van der Waals surface area contributed by atoms with Crippen LogP contribution in [0.3, 0.4) is 0 Å². The molecule has 1 amide bonds. The second-order valence-corrected chi connectivity index (χ2v) is 4.61. The van der Waals surface area contributed by atoms with Crippen LogP contribution < -0.4 is 11.1 Å². The Labute approximate surface area is 109 Å². The molecule has 0 aliphatic heterocycles. The predicted octanol–water partition coefficient (Wildman–Crippen LogP) is 2.92. The predicted molar refractivity (Wildman–Crippen MR) is 71.2 cm³/mol. The zero-order valence-electron chi connectivity index (χ0n) is 8.51. The summed E-state index contributed by atoms with van der Waals surface area (Å²) >= 11 is 16.5. The van der Waals surface area contributed by atoms with Crippen LogP contribution in [0.1, 0.15) is 12.0 Å². The van der Waals surface area contributed by atoms with E-state index < -0.39 is 0 Å². The minimum absolute atomic E-state index is 0.0167. The average Bonchev–Trinajstić information content (AvgIpc) is 2.12. The number of nitrogens with one attached hydrogen (secondary N) is 1. The van der Waals surface area contributed by atoms with Crippen molar-refractivity contribution in [3.05, 3.63) is 27.7 Å². The smallest absolute Gasteiger partial charge is 0.231 e. The van der Waals surface area contributed by atoms with E-state index in [1.165, 1.54) is 0 Å². The lowest BCUT2D eigenvalue weighted by molar-refractivity contribution is -0.115. The van der Waals surface area contributed by atoms with Crippen molar-refractivity contribution in [2.24, 2.45) is 5.73 Å². The summed E-state index contributed by atoms with van der Waals surface area (Å²) in [6.07, 6.45) is -0.0167. The minimum Gasteiger partial charge on any atom is -0.393 e. The number of aryl methyl sites for hydroxylation is 1. The van der Waals surface area contributed by atoms with E-state index in [-0.39, 0.29) is 17.3 Å². The molecule has 0 unspecified atom stereocenters.